The van der Waals surface area contributed by atoms with E-state index in [-0.39, 0.29) is 5.69 Å². The summed E-state index contributed by atoms with van der Waals surface area (Å²) in [5.74, 6) is 1.59. The number of ether oxygens (including phenoxy) is 1. The summed E-state index contributed by atoms with van der Waals surface area (Å²) in [6, 6.07) is 21.1. The number of hydrogen-bond donors (Lipinski definition) is 1. The summed E-state index contributed by atoms with van der Waals surface area (Å²) in [6.07, 6.45) is 0. The van der Waals surface area contributed by atoms with Gasteiger partial charge in [-0.3, -0.25) is 0 Å². The van der Waals surface area contributed by atoms with Crippen LogP contribution in [0.5, 0.6) is 5.75 Å². The van der Waals surface area contributed by atoms with Crippen molar-refractivity contribution in [1.82, 2.24) is 4.98 Å². The van der Waals surface area contributed by atoms with Gasteiger partial charge in [-0.1, -0.05) is 36.4 Å². The van der Waals surface area contributed by atoms with Gasteiger partial charge in [-0.25, -0.2) is 0 Å². The number of nitrogens with zero attached hydrogens (tertiary/aromatic N) is 2. The number of para-hydroxylation sites is 1. The van der Waals surface area contributed by atoms with Crippen molar-refractivity contribution >= 4 is 5.88 Å². The zero-order valence-corrected chi connectivity index (χ0v) is 12.4. The number of anilines is 1. The Kier molecular flexibility index (Phi) is 4.55. The molecule has 5 heteroatoms. The van der Waals surface area contributed by atoms with Gasteiger partial charge < -0.3 is 14.5 Å². The zero-order chi connectivity index (χ0) is 15.9. The smallest absolute Gasteiger partial charge is 0.232 e. The Hall–Kier alpha value is -3.26. The zero-order valence-electron chi connectivity index (χ0n) is 12.4. The van der Waals surface area contributed by atoms with Gasteiger partial charge in [-0.05, 0) is 24.3 Å². The molecule has 0 saturated heterocycles. The third-order valence-corrected chi connectivity index (χ3v) is 3.15. The van der Waals surface area contributed by atoms with Gasteiger partial charge in [-0.15, -0.1) is 0 Å². The van der Waals surface area contributed by atoms with Crippen LogP contribution in [0.25, 0.3) is 11.5 Å². The van der Waals surface area contributed by atoms with Gasteiger partial charge >= 0.3 is 0 Å². The average molecular weight is 305 g/mol. The Morgan fingerprint density at radius 1 is 1.04 bits per heavy atom. The molecule has 0 fully saturated rings. The predicted octanol–water partition coefficient (Wildman–Crippen LogP) is 3.70. The van der Waals surface area contributed by atoms with E-state index >= 15 is 0 Å². The molecule has 0 saturated carbocycles. The van der Waals surface area contributed by atoms with Crippen LogP contribution in [0.2, 0.25) is 0 Å². The average Bonchev–Trinajstić information content (AvgIpc) is 3.04. The first-order valence-electron chi connectivity index (χ1n) is 7.25. The molecule has 1 aromatic heterocycles. The maximum atomic E-state index is 9.17. The van der Waals surface area contributed by atoms with Crippen LogP contribution >= 0.6 is 0 Å². The lowest BCUT2D eigenvalue weighted by molar-refractivity contribution is 0.331. The monoisotopic (exact) mass is 305 g/mol. The Morgan fingerprint density at radius 2 is 1.74 bits per heavy atom. The maximum Gasteiger partial charge on any atom is 0.232 e. The number of oxazole rings is 1. The molecule has 0 bridgehead atoms. The Morgan fingerprint density at radius 3 is 2.43 bits per heavy atom. The molecule has 2 aromatic carbocycles. The molecule has 0 amide bonds. The predicted molar refractivity (Wildman–Crippen MR) is 87.1 cm³/mol. The van der Waals surface area contributed by atoms with Crippen LogP contribution in [0.3, 0.4) is 0 Å². The minimum Gasteiger partial charge on any atom is -0.492 e. The second-order valence-electron chi connectivity index (χ2n) is 4.76. The molecule has 0 unspecified atom stereocenters. The highest BCUT2D eigenvalue weighted by atomic mass is 16.5. The first-order chi connectivity index (χ1) is 11.4. The summed E-state index contributed by atoms with van der Waals surface area (Å²) in [5, 5.41) is 12.2. The molecule has 114 valence electrons. The van der Waals surface area contributed by atoms with Crippen molar-refractivity contribution in [2.45, 2.75) is 0 Å². The molecule has 3 rings (SSSR count). The normalized spacial score (nSPS) is 10.0. The Balaban J connectivity index is 1.62. The van der Waals surface area contributed by atoms with Crippen molar-refractivity contribution in [2.75, 3.05) is 18.5 Å². The van der Waals surface area contributed by atoms with E-state index in [1.54, 1.807) is 0 Å². The fraction of sp³-hybridized carbons (Fsp3) is 0.111. The highest BCUT2D eigenvalue weighted by Gasteiger charge is 2.13. The minimum absolute atomic E-state index is 0.239. The van der Waals surface area contributed by atoms with Crippen molar-refractivity contribution in [2.24, 2.45) is 0 Å². The van der Waals surface area contributed by atoms with E-state index in [1.165, 1.54) is 0 Å². The number of hydrogen-bond acceptors (Lipinski definition) is 5. The summed E-state index contributed by atoms with van der Waals surface area (Å²) in [6.45, 7) is 0.962. The fourth-order valence-electron chi connectivity index (χ4n) is 2.07. The van der Waals surface area contributed by atoms with Gasteiger partial charge in [-0.2, -0.15) is 10.2 Å². The molecule has 0 aliphatic rings. The first kappa shape index (κ1) is 14.7. The highest BCUT2D eigenvalue weighted by Crippen LogP contribution is 2.24. The van der Waals surface area contributed by atoms with Crippen molar-refractivity contribution in [1.29, 1.82) is 5.26 Å². The molecular formula is C18H15N3O2. The van der Waals surface area contributed by atoms with E-state index in [0.717, 1.165) is 11.3 Å². The highest BCUT2D eigenvalue weighted by molar-refractivity contribution is 5.58. The van der Waals surface area contributed by atoms with Crippen LogP contribution in [0.15, 0.2) is 65.1 Å². The SMILES string of the molecule is N#Cc1nc(-c2ccccc2)oc1NCCOc1ccccc1. The number of nitrogens with one attached hydrogen (secondary N) is 1. The second kappa shape index (κ2) is 7.14. The van der Waals surface area contributed by atoms with Crippen molar-refractivity contribution in [3.63, 3.8) is 0 Å². The molecule has 1 N–H and O–H groups in total. The molecule has 0 radical (unpaired) electrons. The molecule has 0 atom stereocenters. The maximum absolute atomic E-state index is 9.17. The van der Waals surface area contributed by atoms with Gasteiger partial charge in [0, 0.05) is 5.56 Å². The topological polar surface area (TPSA) is 71.1 Å². The number of benzene rings is 2. The van der Waals surface area contributed by atoms with Gasteiger partial charge in [0.15, 0.2) is 0 Å². The molecule has 5 nitrogen and oxygen atoms in total. The van der Waals surface area contributed by atoms with Crippen LogP contribution in [0, 0.1) is 11.3 Å². The van der Waals surface area contributed by atoms with Crippen molar-refractivity contribution < 1.29 is 9.15 Å². The molecule has 3 aromatic rings. The second-order valence-corrected chi connectivity index (χ2v) is 4.76. The lowest BCUT2D eigenvalue weighted by Gasteiger charge is -2.06. The van der Waals surface area contributed by atoms with Crippen LogP contribution in [0.1, 0.15) is 5.69 Å². The number of aromatic nitrogens is 1. The molecule has 23 heavy (non-hydrogen) atoms. The van der Waals surface area contributed by atoms with Gasteiger partial charge in [0.1, 0.15) is 18.4 Å². The summed E-state index contributed by atoms with van der Waals surface area (Å²) < 4.78 is 11.2. The molecule has 0 aliphatic carbocycles. The van der Waals surface area contributed by atoms with E-state index in [9.17, 15) is 0 Å². The number of nitriles is 1. The van der Waals surface area contributed by atoms with Crippen molar-refractivity contribution in [3.05, 3.63) is 66.4 Å². The lowest BCUT2D eigenvalue weighted by atomic mass is 10.2. The van der Waals surface area contributed by atoms with Crippen molar-refractivity contribution in [3.8, 4) is 23.3 Å². The fourth-order valence-corrected chi connectivity index (χ4v) is 2.07. The molecule has 1 heterocycles. The summed E-state index contributed by atoms with van der Waals surface area (Å²) in [4.78, 5) is 4.20. The molecular weight excluding hydrogens is 290 g/mol. The first-order valence-corrected chi connectivity index (χ1v) is 7.25. The quantitative estimate of drug-likeness (QED) is 0.703. The minimum atomic E-state index is 0.239. The van der Waals surface area contributed by atoms with E-state index in [1.807, 2.05) is 66.7 Å². The summed E-state index contributed by atoms with van der Waals surface area (Å²) in [5.41, 5.74) is 1.07. The lowest BCUT2D eigenvalue weighted by Crippen LogP contribution is -2.11. The summed E-state index contributed by atoms with van der Waals surface area (Å²) in [7, 11) is 0. The van der Waals surface area contributed by atoms with Gasteiger partial charge in [0.2, 0.25) is 17.5 Å². The van der Waals surface area contributed by atoms with E-state index in [2.05, 4.69) is 10.3 Å². The van der Waals surface area contributed by atoms with Crippen LogP contribution < -0.4 is 10.1 Å². The third kappa shape index (κ3) is 3.69. The van der Waals surface area contributed by atoms with E-state index in [4.69, 9.17) is 14.4 Å². The van der Waals surface area contributed by atoms with Crippen LogP contribution in [-0.4, -0.2) is 18.1 Å². The molecule has 0 spiro atoms. The van der Waals surface area contributed by atoms with E-state index < -0.39 is 0 Å². The summed E-state index contributed by atoms with van der Waals surface area (Å²) >= 11 is 0. The van der Waals surface area contributed by atoms with Crippen LogP contribution in [-0.2, 0) is 0 Å². The standard InChI is InChI=1S/C18H15N3O2/c19-13-16-18(20-11-12-22-15-9-5-2-6-10-15)23-17(21-16)14-7-3-1-4-8-14/h1-10,20H,11-12H2. The van der Waals surface area contributed by atoms with Gasteiger partial charge in [0.25, 0.3) is 0 Å². The van der Waals surface area contributed by atoms with Gasteiger partial charge in [0.05, 0.1) is 6.54 Å². The van der Waals surface area contributed by atoms with Crippen LogP contribution in [0.4, 0.5) is 5.88 Å². The molecule has 0 aliphatic heterocycles. The van der Waals surface area contributed by atoms with E-state index in [0.29, 0.717) is 24.9 Å². The largest absolute Gasteiger partial charge is 0.492 e. The Labute approximate surface area is 134 Å². The number of rotatable bonds is 6. The third-order valence-electron chi connectivity index (χ3n) is 3.15. The Bertz CT molecular complexity index is 792.